The minimum absolute atomic E-state index is 0.155. The summed E-state index contributed by atoms with van der Waals surface area (Å²) in [4.78, 5) is 16.3. The zero-order valence-corrected chi connectivity index (χ0v) is 15.5. The minimum atomic E-state index is -0.464. The maximum Gasteiger partial charge on any atom is 0.410 e. The molecule has 1 heterocycles. The molecule has 9 nitrogen and oxygen atoms in total. The van der Waals surface area contributed by atoms with Gasteiger partial charge >= 0.3 is 6.09 Å². The number of carbonyl (C=O) groups excluding carboxylic acids is 1. The van der Waals surface area contributed by atoms with Gasteiger partial charge in [-0.3, -0.25) is 0 Å². The molecule has 1 saturated heterocycles. The fraction of sp³-hybridized carbons (Fsp3) is 0.938. The molecule has 1 fully saturated rings. The molecule has 0 unspecified atom stereocenters. The van der Waals surface area contributed by atoms with Crippen LogP contribution in [-0.2, 0) is 18.9 Å². The molecule has 0 spiro atoms. The van der Waals surface area contributed by atoms with Gasteiger partial charge in [0.25, 0.3) is 0 Å². The molecular formula is C16H30N4O5. The molecule has 1 rings (SSSR count). The molecule has 144 valence electrons. The van der Waals surface area contributed by atoms with Gasteiger partial charge in [0.05, 0.1) is 39.1 Å². The van der Waals surface area contributed by atoms with E-state index in [1.807, 2.05) is 20.8 Å². The highest BCUT2D eigenvalue weighted by molar-refractivity contribution is 5.68. The van der Waals surface area contributed by atoms with Crippen LogP contribution < -0.4 is 0 Å². The fourth-order valence-electron chi connectivity index (χ4n) is 2.28. The van der Waals surface area contributed by atoms with Gasteiger partial charge in [-0.25, -0.2) is 4.79 Å². The Morgan fingerprint density at radius 3 is 2.32 bits per heavy atom. The molecule has 0 atom stereocenters. The first kappa shape index (κ1) is 21.5. The van der Waals surface area contributed by atoms with E-state index in [1.54, 1.807) is 4.90 Å². The van der Waals surface area contributed by atoms with Crippen molar-refractivity contribution in [2.24, 2.45) is 5.11 Å². The molecule has 1 aliphatic heterocycles. The van der Waals surface area contributed by atoms with E-state index in [1.165, 1.54) is 0 Å². The summed E-state index contributed by atoms with van der Waals surface area (Å²) in [7, 11) is 0. The number of likely N-dealkylation sites (tertiary alicyclic amines) is 1. The second-order valence-corrected chi connectivity index (χ2v) is 6.72. The highest BCUT2D eigenvalue weighted by Gasteiger charge is 2.26. The normalized spacial score (nSPS) is 15.7. The van der Waals surface area contributed by atoms with Crippen molar-refractivity contribution < 1.29 is 23.7 Å². The second kappa shape index (κ2) is 11.9. The van der Waals surface area contributed by atoms with Crippen LogP contribution in [0.25, 0.3) is 10.4 Å². The predicted molar refractivity (Wildman–Crippen MR) is 92.4 cm³/mol. The Morgan fingerprint density at radius 1 is 1.12 bits per heavy atom. The SMILES string of the molecule is CC(C)(C)OC(=O)N1CCC(OCCOCCOCCN=[N+]=[N-])CC1. The van der Waals surface area contributed by atoms with Gasteiger partial charge in [-0.15, -0.1) is 0 Å². The van der Waals surface area contributed by atoms with E-state index in [-0.39, 0.29) is 12.2 Å². The van der Waals surface area contributed by atoms with Gasteiger partial charge in [-0.2, -0.15) is 0 Å². The minimum Gasteiger partial charge on any atom is -0.444 e. The summed E-state index contributed by atoms with van der Waals surface area (Å²) in [6.45, 7) is 9.62. The predicted octanol–water partition coefficient (Wildman–Crippen LogP) is 2.75. The Bertz CT molecular complexity index is 427. The Balaban J connectivity index is 1.98. The van der Waals surface area contributed by atoms with Gasteiger partial charge in [-0.05, 0) is 39.1 Å². The van der Waals surface area contributed by atoms with Crippen LogP contribution in [0.4, 0.5) is 4.79 Å². The lowest BCUT2D eigenvalue weighted by Gasteiger charge is -2.33. The van der Waals surface area contributed by atoms with Crippen LogP contribution >= 0.6 is 0 Å². The zero-order chi connectivity index (χ0) is 18.5. The van der Waals surface area contributed by atoms with E-state index < -0.39 is 5.60 Å². The first-order valence-corrected chi connectivity index (χ1v) is 8.68. The lowest BCUT2D eigenvalue weighted by atomic mass is 10.1. The number of piperidine rings is 1. The number of carbonyl (C=O) groups is 1. The molecule has 1 aliphatic rings. The molecule has 9 heteroatoms. The van der Waals surface area contributed by atoms with Gasteiger partial charge in [0, 0.05) is 24.5 Å². The molecule has 0 aromatic rings. The number of azide groups is 1. The average Bonchev–Trinajstić information content (AvgIpc) is 2.55. The number of amides is 1. The van der Waals surface area contributed by atoms with Crippen LogP contribution in [0.1, 0.15) is 33.6 Å². The fourth-order valence-corrected chi connectivity index (χ4v) is 2.28. The zero-order valence-electron chi connectivity index (χ0n) is 15.5. The summed E-state index contributed by atoms with van der Waals surface area (Å²) in [6.07, 6.45) is 1.51. The third-order valence-electron chi connectivity index (χ3n) is 3.45. The van der Waals surface area contributed by atoms with Crippen molar-refractivity contribution in [3.05, 3.63) is 10.4 Å². The lowest BCUT2D eigenvalue weighted by molar-refractivity contribution is -0.0353. The first-order chi connectivity index (χ1) is 11.9. The molecule has 0 bridgehead atoms. The number of hydrogen-bond acceptors (Lipinski definition) is 6. The van der Waals surface area contributed by atoms with E-state index in [0.717, 1.165) is 12.8 Å². The molecule has 0 radical (unpaired) electrons. The third kappa shape index (κ3) is 10.8. The van der Waals surface area contributed by atoms with E-state index in [2.05, 4.69) is 10.0 Å². The van der Waals surface area contributed by atoms with Crippen LogP contribution in [0.15, 0.2) is 5.11 Å². The summed E-state index contributed by atoms with van der Waals surface area (Å²) in [6, 6.07) is 0. The van der Waals surface area contributed by atoms with E-state index in [4.69, 9.17) is 24.5 Å². The van der Waals surface area contributed by atoms with E-state index in [0.29, 0.717) is 52.7 Å². The van der Waals surface area contributed by atoms with Crippen LogP contribution in [0.3, 0.4) is 0 Å². The van der Waals surface area contributed by atoms with Gasteiger partial charge in [0.2, 0.25) is 0 Å². The first-order valence-electron chi connectivity index (χ1n) is 8.68. The smallest absolute Gasteiger partial charge is 0.410 e. The monoisotopic (exact) mass is 358 g/mol. The molecule has 0 saturated carbocycles. The highest BCUT2D eigenvalue weighted by Crippen LogP contribution is 2.17. The quantitative estimate of drug-likeness (QED) is 0.258. The van der Waals surface area contributed by atoms with Crippen molar-refractivity contribution in [3.8, 4) is 0 Å². The van der Waals surface area contributed by atoms with Gasteiger partial charge in [-0.1, -0.05) is 5.11 Å². The van der Waals surface area contributed by atoms with Crippen LogP contribution in [0.5, 0.6) is 0 Å². The van der Waals surface area contributed by atoms with Crippen molar-refractivity contribution in [1.82, 2.24) is 4.90 Å². The Morgan fingerprint density at radius 2 is 1.72 bits per heavy atom. The number of nitrogens with zero attached hydrogens (tertiary/aromatic N) is 4. The van der Waals surface area contributed by atoms with Crippen molar-refractivity contribution in [2.45, 2.75) is 45.3 Å². The van der Waals surface area contributed by atoms with Crippen molar-refractivity contribution >= 4 is 6.09 Å². The summed E-state index contributed by atoms with van der Waals surface area (Å²) >= 11 is 0. The topological polar surface area (TPSA) is 106 Å². The summed E-state index contributed by atoms with van der Waals surface area (Å²) < 4.78 is 21.8. The molecule has 0 aliphatic carbocycles. The number of rotatable bonds is 10. The Labute approximate surface area is 149 Å². The molecule has 0 aromatic carbocycles. The number of ether oxygens (including phenoxy) is 4. The summed E-state index contributed by atoms with van der Waals surface area (Å²) in [5, 5.41) is 3.37. The summed E-state index contributed by atoms with van der Waals surface area (Å²) in [5.74, 6) is 0. The largest absolute Gasteiger partial charge is 0.444 e. The van der Waals surface area contributed by atoms with Gasteiger partial charge in [0.1, 0.15) is 5.60 Å². The van der Waals surface area contributed by atoms with Crippen molar-refractivity contribution in [3.63, 3.8) is 0 Å². The third-order valence-corrected chi connectivity index (χ3v) is 3.45. The van der Waals surface area contributed by atoms with Crippen molar-refractivity contribution in [2.75, 3.05) is 52.7 Å². The molecule has 25 heavy (non-hydrogen) atoms. The van der Waals surface area contributed by atoms with E-state index >= 15 is 0 Å². The molecule has 0 N–H and O–H groups in total. The highest BCUT2D eigenvalue weighted by atomic mass is 16.6. The molecular weight excluding hydrogens is 328 g/mol. The van der Waals surface area contributed by atoms with Crippen molar-refractivity contribution in [1.29, 1.82) is 0 Å². The average molecular weight is 358 g/mol. The molecule has 1 amide bonds. The van der Waals surface area contributed by atoms with Gasteiger partial charge < -0.3 is 23.8 Å². The van der Waals surface area contributed by atoms with Crippen LogP contribution in [0.2, 0.25) is 0 Å². The van der Waals surface area contributed by atoms with E-state index in [9.17, 15) is 4.79 Å². The Kier molecular flexibility index (Phi) is 10.3. The molecule has 0 aromatic heterocycles. The standard InChI is InChI=1S/C16H30N4O5/c1-16(2,3)25-15(21)20-7-4-14(5-8-20)24-13-12-23-11-10-22-9-6-18-19-17/h14H,4-13H2,1-3H3. The van der Waals surface area contributed by atoms with Gasteiger partial charge in [0.15, 0.2) is 0 Å². The lowest BCUT2D eigenvalue weighted by Crippen LogP contribution is -2.43. The Hall–Kier alpha value is -1.54. The summed E-state index contributed by atoms with van der Waals surface area (Å²) in [5.41, 5.74) is 7.63. The second-order valence-electron chi connectivity index (χ2n) is 6.72. The maximum absolute atomic E-state index is 12.0. The number of hydrogen-bond donors (Lipinski definition) is 0. The maximum atomic E-state index is 12.0. The van der Waals surface area contributed by atoms with Crippen LogP contribution in [-0.4, -0.2) is 75.4 Å². The van der Waals surface area contributed by atoms with Crippen LogP contribution in [0, 0.1) is 0 Å².